The van der Waals surface area contributed by atoms with Crippen molar-refractivity contribution in [2.24, 2.45) is 0 Å². The first kappa shape index (κ1) is 18.9. The van der Waals surface area contributed by atoms with E-state index in [4.69, 9.17) is 17.3 Å². The van der Waals surface area contributed by atoms with Gasteiger partial charge in [-0.3, -0.25) is 14.6 Å². The van der Waals surface area contributed by atoms with Crippen molar-refractivity contribution >= 4 is 23.2 Å². The maximum atomic E-state index is 12.2. The number of rotatable bonds is 6. The van der Waals surface area contributed by atoms with Crippen molar-refractivity contribution in [1.82, 2.24) is 25.3 Å². The Morgan fingerprint density at radius 1 is 1.37 bits per heavy atom. The molecule has 0 bridgehead atoms. The molecule has 3 rings (SSSR count). The van der Waals surface area contributed by atoms with Crippen LogP contribution in [-0.2, 0) is 6.54 Å². The number of nitrogen functional groups attached to an aromatic ring is 1. The number of aliphatic hydroxyl groups is 1. The van der Waals surface area contributed by atoms with E-state index in [1.54, 1.807) is 23.7 Å². The highest BCUT2D eigenvalue weighted by Crippen LogP contribution is 2.25. The Labute approximate surface area is 161 Å². The van der Waals surface area contributed by atoms with Crippen LogP contribution < -0.4 is 11.1 Å². The molecule has 0 aliphatic carbocycles. The first-order valence-electron chi connectivity index (χ1n) is 8.46. The number of aliphatic hydroxyl groups excluding tert-OH is 1. The third kappa shape index (κ3) is 4.47. The fraction of sp³-hybridized carbons (Fsp3) is 0.278. The van der Waals surface area contributed by atoms with Gasteiger partial charge in [0.05, 0.1) is 34.7 Å². The van der Waals surface area contributed by atoms with Gasteiger partial charge in [-0.2, -0.15) is 10.2 Å². The van der Waals surface area contributed by atoms with Gasteiger partial charge >= 0.3 is 0 Å². The maximum Gasteiger partial charge on any atom is 0.272 e. The van der Waals surface area contributed by atoms with Crippen molar-refractivity contribution in [3.05, 3.63) is 52.9 Å². The molecule has 0 aliphatic rings. The SMILES string of the molecule is CC(O)c1cc(C(=O)N[C@@H](C)Cn2ccc(-c3ccc(N)c(Cl)c3)n2)n[nH]1. The molecule has 0 saturated heterocycles. The summed E-state index contributed by atoms with van der Waals surface area (Å²) in [7, 11) is 0. The van der Waals surface area contributed by atoms with Gasteiger partial charge in [-0.05, 0) is 38.1 Å². The predicted molar refractivity (Wildman–Crippen MR) is 103 cm³/mol. The van der Waals surface area contributed by atoms with E-state index in [9.17, 15) is 9.90 Å². The number of hydrogen-bond donors (Lipinski definition) is 4. The number of aromatic amines is 1. The second-order valence-corrected chi connectivity index (χ2v) is 6.83. The Morgan fingerprint density at radius 3 is 2.81 bits per heavy atom. The molecule has 9 heteroatoms. The molecule has 1 aromatic carbocycles. The Kier molecular flexibility index (Phi) is 5.48. The number of H-pyrrole nitrogens is 1. The topological polar surface area (TPSA) is 122 Å². The summed E-state index contributed by atoms with van der Waals surface area (Å²) in [5.74, 6) is -0.316. The van der Waals surface area contributed by atoms with Crippen molar-refractivity contribution in [2.45, 2.75) is 32.5 Å². The lowest BCUT2D eigenvalue weighted by Gasteiger charge is -2.13. The summed E-state index contributed by atoms with van der Waals surface area (Å²) in [4.78, 5) is 12.2. The highest BCUT2D eigenvalue weighted by atomic mass is 35.5. The number of aromatic nitrogens is 4. The molecule has 5 N–H and O–H groups in total. The third-order valence-electron chi connectivity index (χ3n) is 4.06. The van der Waals surface area contributed by atoms with Gasteiger partial charge in [0.25, 0.3) is 5.91 Å². The second kappa shape index (κ2) is 7.81. The van der Waals surface area contributed by atoms with Crippen LogP contribution in [0.5, 0.6) is 0 Å². The Balaban J connectivity index is 1.62. The van der Waals surface area contributed by atoms with Gasteiger partial charge in [0.2, 0.25) is 0 Å². The monoisotopic (exact) mass is 388 g/mol. The van der Waals surface area contributed by atoms with Crippen LogP contribution in [-0.4, -0.2) is 37.0 Å². The van der Waals surface area contributed by atoms with Crippen LogP contribution in [0.1, 0.15) is 36.1 Å². The van der Waals surface area contributed by atoms with Crippen molar-refractivity contribution in [3.8, 4) is 11.3 Å². The van der Waals surface area contributed by atoms with Crippen molar-refractivity contribution in [3.63, 3.8) is 0 Å². The second-order valence-electron chi connectivity index (χ2n) is 6.42. The zero-order chi connectivity index (χ0) is 19.6. The highest BCUT2D eigenvalue weighted by Gasteiger charge is 2.15. The smallest absolute Gasteiger partial charge is 0.272 e. The first-order valence-corrected chi connectivity index (χ1v) is 8.84. The molecule has 0 saturated carbocycles. The molecule has 0 radical (unpaired) electrons. The standard InChI is InChI=1S/C18H21ClN6O2/c1-10(21-18(27)17-8-16(11(2)26)22-23-17)9-25-6-5-15(24-25)12-3-4-14(20)13(19)7-12/h3-8,10-11,26H,9,20H2,1-2H3,(H,21,27)(H,22,23)/t10-,11?/m0/s1. The minimum Gasteiger partial charge on any atom is -0.398 e. The Hall–Kier alpha value is -2.84. The van der Waals surface area contributed by atoms with Gasteiger partial charge in [-0.15, -0.1) is 0 Å². The molecule has 0 spiro atoms. The predicted octanol–water partition coefficient (Wildman–Crippen LogP) is 2.38. The first-order chi connectivity index (χ1) is 12.8. The summed E-state index contributed by atoms with van der Waals surface area (Å²) >= 11 is 6.06. The van der Waals surface area contributed by atoms with E-state index in [1.165, 1.54) is 6.07 Å². The summed E-state index contributed by atoms with van der Waals surface area (Å²) in [6.07, 6.45) is 1.13. The molecular weight excluding hydrogens is 368 g/mol. The highest BCUT2D eigenvalue weighted by molar-refractivity contribution is 6.33. The van der Waals surface area contributed by atoms with E-state index in [0.29, 0.717) is 22.9 Å². The third-order valence-corrected chi connectivity index (χ3v) is 4.38. The molecule has 142 valence electrons. The van der Waals surface area contributed by atoms with Crippen molar-refractivity contribution in [2.75, 3.05) is 5.73 Å². The van der Waals surface area contributed by atoms with Crippen LogP contribution in [0, 0.1) is 0 Å². The molecule has 1 amide bonds. The van der Waals surface area contributed by atoms with Crippen LogP contribution >= 0.6 is 11.6 Å². The number of nitrogens with two attached hydrogens (primary N) is 1. The number of hydrogen-bond acceptors (Lipinski definition) is 5. The molecule has 1 unspecified atom stereocenters. The molecule has 2 aromatic heterocycles. The minimum absolute atomic E-state index is 0.174. The quantitative estimate of drug-likeness (QED) is 0.483. The number of benzene rings is 1. The molecule has 27 heavy (non-hydrogen) atoms. The van der Waals surface area contributed by atoms with Gasteiger partial charge < -0.3 is 16.2 Å². The maximum absolute atomic E-state index is 12.2. The average molecular weight is 389 g/mol. The van der Waals surface area contributed by atoms with Crippen LogP contribution in [0.2, 0.25) is 5.02 Å². The van der Waals surface area contributed by atoms with Gasteiger partial charge in [0.1, 0.15) is 5.69 Å². The van der Waals surface area contributed by atoms with E-state index in [1.807, 2.05) is 25.3 Å². The molecule has 3 aromatic rings. The van der Waals surface area contributed by atoms with Gasteiger partial charge in [-0.25, -0.2) is 0 Å². The number of nitrogens with zero attached hydrogens (tertiary/aromatic N) is 3. The summed E-state index contributed by atoms with van der Waals surface area (Å²) in [6, 6.07) is 8.60. The number of amides is 1. The summed E-state index contributed by atoms with van der Waals surface area (Å²) in [5, 5.41) is 23.9. The van der Waals surface area contributed by atoms with E-state index >= 15 is 0 Å². The number of carbonyl (C=O) groups excluding carboxylic acids is 1. The number of nitrogens with one attached hydrogen (secondary N) is 2. The van der Waals surface area contributed by atoms with Crippen LogP contribution in [0.15, 0.2) is 36.5 Å². The molecule has 2 atom stereocenters. The van der Waals surface area contributed by atoms with Crippen molar-refractivity contribution < 1.29 is 9.90 Å². The Morgan fingerprint density at radius 2 is 2.15 bits per heavy atom. The van der Waals surface area contributed by atoms with Gasteiger partial charge in [0, 0.05) is 17.8 Å². The number of halogens is 1. The summed E-state index contributed by atoms with van der Waals surface area (Å²) in [5.41, 5.74) is 8.61. The number of anilines is 1. The van der Waals surface area contributed by atoms with E-state index in [2.05, 4.69) is 20.6 Å². The lowest BCUT2D eigenvalue weighted by molar-refractivity contribution is 0.0931. The molecule has 2 heterocycles. The molecular formula is C18H21ClN6O2. The molecule has 0 aliphatic heterocycles. The fourth-order valence-electron chi connectivity index (χ4n) is 2.59. The van der Waals surface area contributed by atoms with Crippen molar-refractivity contribution in [1.29, 1.82) is 0 Å². The largest absolute Gasteiger partial charge is 0.398 e. The average Bonchev–Trinajstić information content (AvgIpc) is 3.26. The lowest BCUT2D eigenvalue weighted by atomic mass is 10.1. The zero-order valence-electron chi connectivity index (χ0n) is 15.0. The summed E-state index contributed by atoms with van der Waals surface area (Å²) < 4.78 is 1.75. The molecule has 0 fully saturated rings. The van der Waals surface area contributed by atoms with E-state index < -0.39 is 6.10 Å². The van der Waals surface area contributed by atoms with E-state index in [-0.39, 0.29) is 17.6 Å². The fourth-order valence-corrected chi connectivity index (χ4v) is 2.78. The lowest BCUT2D eigenvalue weighted by Crippen LogP contribution is -2.36. The van der Waals surface area contributed by atoms with E-state index in [0.717, 1.165) is 11.3 Å². The summed E-state index contributed by atoms with van der Waals surface area (Å²) in [6.45, 7) is 3.96. The van der Waals surface area contributed by atoms with Gasteiger partial charge in [0.15, 0.2) is 0 Å². The van der Waals surface area contributed by atoms with Crippen LogP contribution in [0.25, 0.3) is 11.3 Å². The molecule has 8 nitrogen and oxygen atoms in total. The Bertz CT molecular complexity index is 949. The van der Waals surface area contributed by atoms with Crippen LogP contribution in [0.3, 0.4) is 0 Å². The zero-order valence-corrected chi connectivity index (χ0v) is 15.7. The minimum atomic E-state index is -0.708. The van der Waals surface area contributed by atoms with Gasteiger partial charge in [-0.1, -0.05) is 17.7 Å². The normalized spacial score (nSPS) is 13.3. The van der Waals surface area contributed by atoms with Crippen LogP contribution in [0.4, 0.5) is 5.69 Å². The number of carbonyl (C=O) groups is 1.